The second-order valence-corrected chi connectivity index (χ2v) is 14.0. The van der Waals surface area contributed by atoms with Gasteiger partial charge in [0, 0.05) is 0 Å². The maximum Gasteiger partial charge on any atom is 0.339 e. The quantitative estimate of drug-likeness (QED) is 0.199. The third-order valence-corrected chi connectivity index (χ3v) is 8.82. The first-order valence-corrected chi connectivity index (χ1v) is 16.3. The van der Waals surface area contributed by atoms with E-state index in [2.05, 4.69) is 4.72 Å². The van der Waals surface area contributed by atoms with Crippen LogP contribution in [-0.4, -0.2) is 32.7 Å². The molecule has 0 saturated carbocycles. The second-order valence-electron chi connectivity index (χ2n) is 12.3. The summed E-state index contributed by atoms with van der Waals surface area (Å²) in [5, 5.41) is 0. The van der Waals surface area contributed by atoms with Crippen LogP contribution in [0.2, 0.25) is 0 Å². The maximum absolute atomic E-state index is 13.7. The van der Waals surface area contributed by atoms with Crippen LogP contribution in [0.3, 0.4) is 0 Å². The third-order valence-electron chi connectivity index (χ3n) is 7.46. The van der Waals surface area contributed by atoms with Gasteiger partial charge in [0.2, 0.25) is 12.7 Å². The summed E-state index contributed by atoms with van der Waals surface area (Å²) < 4.78 is 45.4. The van der Waals surface area contributed by atoms with E-state index in [1.807, 2.05) is 71.0 Å². The number of nitrogens with one attached hydrogen (secondary N) is 1. The largest absolute Gasteiger partial charge is 0.456 e. The molecule has 4 aromatic rings. The van der Waals surface area contributed by atoms with Gasteiger partial charge in [-0.2, -0.15) is 0 Å². The van der Waals surface area contributed by atoms with Crippen molar-refractivity contribution in [2.24, 2.45) is 0 Å². The van der Waals surface area contributed by atoms with Gasteiger partial charge in [0.05, 0.1) is 16.4 Å². The Morgan fingerprint density at radius 2 is 1.49 bits per heavy atom. The molecule has 1 amide bonds. The predicted octanol–water partition coefficient (Wildman–Crippen LogP) is 6.99. The Balaban J connectivity index is 1.42. The standard InChI is InChI=1S/C36H37NO7S/c1-23(2)25-14-17-28(18-15-25)45(40,41)37-34(38)31(27-16-19-32-33(21-27)43-22-42-32)20-24-10-12-26(13-11-24)29-8-6-7-9-30(29)35(39)44-36(3,4)5/h6-19,21,23,31H,20,22H2,1-5H3,(H,37,38). The topological polar surface area (TPSA) is 108 Å². The molecule has 0 radical (unpaired) electrons. The number of hydrogen-bond donors (Lipinski definition) is 1. The van der Waals surface area contributed by atoms with Gasteiger partial charge >= 0.3 is 5.97 Å². The molecule has 1 unspecified atom stereocenters. The Morgan fingerprint density at radius 3 is 2.16 bits per heavy atom. The van der Waals surface area contributed by atoms with Crippen molar-refractivity contribution in [1.29, 1.82) is 0 Å². The van der Waals surface area contributed by atoms with Gasteiger partial charge < -0.3 is 14.2 Å². The second kappa shape index (κ2) is 12.8. The van der Waals surface area contributed by atoms with Crippen molar-refractivity contribution in [1.82, 2.24) is 4.72 Å². The summed E-state index contributed by atoms with van der Waals surface area (Å²) in [4.78, 5) is 26.6. The molecule has 1 aliphatic heterocycles. The van der Waals surface area contributed by atoms with Crippen LogP contribution < -0.4 is 14.2 Å². The van der Waals surface area contributed by atoms with Crippen molar-refractivity contribution in [3.63, 3.8) is 0 Å². The van der Waals surface area contributed by atoms with Crippen LogP contribution in [0.4, 0.5) is 0 Å². The highest BCUT2D eigenvalue weighted by atomic mass is 32.2. The molecule has 0 aromatic heterocycles. The van der Waals surface area contributed by atoms with Gasteiger partial charge in [0.15, 0.2) is 11.5 Å². The Kier molecular flexibility index (Phi) is 9.02. The summed E-state index contributed by atoms with van der Waals surface area (Å²) in [5.41, 5.74) is 3.71. The molecule has 1 heterocycles. The fraction of sp³-hybridized carbons (Fsp3) is 0.278. The molecule has 4 aromatic carbocycles. The molecule has 0 spiro atoms. The van der Waals surface area contributed by atoms with E-state index >= 15 is 0 Å². The van der Waals surface area contributed by atoms with E-state index in [0.29, 0.717) is 22.6 Å². The van der Waals surface area contributed by atoms with E-state index in [1.165, 1.54) is 12.1 Å². The zero-order chi connectivity index (χ0) is 32.4. The fourth-order valence-corrected chi connectivity index (χ4v) is 6.11. The molecule has 8 nitrogen and oxygen atoms in total. The van der Waals surface area contributed by atoms with Crippen molar-refractivity contribution in [3.8, 4) is 22.6 Å². The summed E-state index contributed by atoms with van der Waals surface area (Å²) in [6, 6.07) is 26.4. The van der Waals surface area contributed by atoms with E-state index in [1.54, 1.807) is 42.5 Å². The highest BCUT2D eigenvalue weighted by Gasteiger charge is 2.28. The minimum atomic E-state index is -4.13. The minimum Gasteiger partial charge on any atom is -0.456 e. The summed E-state index contributed by atoms with van der Waals surface area (Å²) >= 11 is 0. The lowest BCUT2D eigenvalue weighted by Crippen LogP contribution is -2.35. The molecule has 0 bridgehead atoms. The molecule has 234 valence electrons. The summed E-state index contributed by atoms with van der Waals surface area (Å²) in [7, 11) is -4.13. The lowest BCUT2D eigenvalue weighted by atomic mass is 9.90. The lowest BCUT2D eigenvalue weighted by molar-refractivity contribution is -0.120. The Morgan fingerprint density at radius 1 is 0.844 bits per heavy atom. The summed E-state index contributed by atoms with van der Waals surface area (Å²) in [6.45, 7) is 9.58. The zero-order valence-corrected chi connectivity index (χ0v) is 26.8. The van der Waals surface area contributed by atoms with Crippen LogP contribution in [0.15, 0.2) is 95.9 Å². The van der Waals surface area contributed by atoms with Crippen LogP contribution in [0.5, 0.6) is 11.5 Å². The van der Waals surface area contributed by atoms with E-state index in [4.69, 9.17) is 14.2 Å². The van der Waals surface area contributed by atoms with Crippen LogP contribution in [0.25, 0.3) is 11.1 Å². The van der Waals surface area contributed by atoms with Gasteiger partial charge in [-0.25, -0.2) is 17.9 Å². The number of ether oxygens (including phenoxy) is 3. The molecule has 1 N–H and O–H groups in total. The highest BCUT2D eigenvalue weighted by Crippen LogP contribution is 2.36. The molecular formula is C36H37NO7S. The van der Waals surface area contributed by atoms with Crippen molar-refractivity contribution in [3.05, 3.63) is 113 Å². The average Bonchev–Trinajstić information content (AvgIpc) is 3.47. The molecule has 1 atom stereocenters. The first-order chi connectivity index (χ1) is 21.3. The number of hydrogen-bond acceptors (Lipinski definition) is 7. The summed E-state index contributed by atoms with van der Waals surface area (Å²) in [6.07, 6.45) is 0.210. The SMILES string of the molecule is CC(C)c1ccc(S(=O)(=O)NC(=O)C(Cc2ccc(-c3ccccc3C(=O)OC(C)(C)C)cc2)c2ccc3c(c2)OCO3)cc1. The van der Waals surface area contributed by atoms with Crippen LogP contribution in [-0.2, 0) is 26.0 Å². The normalized spacial score (nSPS) is 13.4. The number of benzene rings is 4. The van der Waals surface area contributed by atoms with Crippen LogP contribution in [0.1, 0.15) is 73.5 Å². The van der Waals surface area contributed by atoms with Gasteiger partial charge in [-0.15, -0.1) is 0 Å². The van der Waals surface area contributed by atoms with Crippen molar-refractivity contribution < 1.29 is 32.2 Å². The maximum atomic E-state index is 13.7. The first kappa shape index (κ1) is 31.8. The van der Waals surface area contributed by atoms with Crippen molar-refractivity contribution in [2.45, 2.75) is 63.4 Å². The highest BCUT2D eigenvalue weighted by molar-refractivity contribution is 7.90. The van der Waals surface area contributed by atoms with Crippen molar-refractivity contribution >= 4 is 21.9 Å². The van der Waals surface area contributed by atoms with Gasteiger partial charge in [0.1, 0.15) is 5.60 Å². The number of esters is 1. The monoisotopic (exact) mass is 627 g/mol. The third kappa shape index (κ3) is 7.54. The lowest BCUT2D eigenvalue weighted by Gasteiger charge is -2.21. The minimum absolute atomic E-state index is 0.0118. The van der Waals surface area contributed by atoms with Crippen LogP contribution >= 0.6 is 0 Å². The summed E-state index contributed by atoms with van der Waals surface area (Å²) in [5.74, 6) is -0.647. The zero-order valence-electron chi connectivity index (χ0n) is 26.0. The molecule has 5 rings (SSSR count). The fourth-order valence-electron chi connectivity index (χ4n) is 5.09. The molecule has 45 heavy (non-hydrogen) atoms. The molecule has 0 aliphatic carbocycles. The molecule has 0 saturated heterocycles. The molecule has 1 aliphatic rings. The number of amides is 1. The molecular weight excluding hydrogens is 590 g/mol. The predicted molar refractivity (Wildman–Crippen MR) is 172 cm³/mol. The average molecular weight is 628 g/mol. The number of sulfonamides is 1. The van der Waals surface area contributed by atoms with E-state index in [-0.39, 0.29) is 24.0 Å². The van der Waals surface area contributed by atoms with Gasteiger partial charge in [-0.1, -0.05) is 74.5 Å². The van der Waals surface area contributed by atoms with E-state index < -0.39 is 33.4 Å². The van der Waals surface area contributed by atoms with Gasteiger partial charge in [-0.05, 0) is 91.3 Å². The van der Waals surface area contributed by atoms with Crippen molar-refractivity contribution in [2.75, 3.05) is 6.79 Å². The number of carbonyl (C=O) groups is 2. The van der Waals surface area contributed by atoms with Gasteiger partial charge in [0.25, 0.3) is 10.0 Å². The van der Waals surface area contributed by atoms with Crippen LogP contribution in [0, 0.1) is 0 Å². The van der Waals surface area contributed by atoms with Gasteiger partial charge in [-0.3, -0.25) is 4.79 Å². The molecule has 0 fully saturated rings. The van der Waals surface area contributed by atoms with E-state index in [0.717, 1.165) is 22.3 Å². The Bertz CT molecular complexity index is 1810. The Labute approximate surface area is 264 Å². The molecule has 9 heteroatoms. The smallest absolute Gasteiger partial charge is 0.339 e. The van der Waals surface area contributed by atoms with E-state index in [9.17, 15) is 18.0 Å². The number of fused-ring (bicyclic) bond motifs is 1. The number of rotatable bonds is 9. The number of carbonyl (C=O) groups excluding carboxylic acids is 2. The first-order valence-electron chi connectivity index (χ1n) is 14.8. The Hall–Kier alpha value is -4.63.